The zero-order chi connectivity index (χ0) is 12.4. The van der Waals surface area contributed by atoms with Gasteiger partial charge in [-0.05, 0) is 19.4 Å². The first-order valence-corrected chi connectivity index (χ1v) is 5.27. The van der Waals surface area contributed by atoms with E-state index in [0.717, 1.165) is 0 Å². The lowest BCUT2D eigenvalue weighted by Crippen LogP contribution is -2.49. The van der Waals surface area contributed by atoms with Crippen molar-refractivity contribution in [1.82, 2.24) is 0 Å². The van der Waals surface area contributed by atoms with E-state index in [9.17, 15) is 9.90 Å². The fourth-order valence-corrected chi connectivity index (χ4v) is 1.73. The van der Waals surface area contributed by atoms with Gasteiger partial charge < -0.3 is 9.84 Å². The molecule has 3 nitrogen and oxygen atoms in total. The first kappa shape index (κ1) is 13.0. The van der Waals surface area contributed by atoms with Gasteiger partial charge in [0.2, 0.25) is 0 Å². The number of methoxy groups -OCH3 is 1. The molecule has 0 bridgehead atoms. The fourth-order valence-electron chi connectivity index (χ4n) is 1.53. The van der Waals surface area contributed by atoms with Crippen LogP contribution in [0.3, 0.4) is 0 Å². The molecule has 0 amide bonds. The second-order valence-corrected chi connectivity index (χ2v) is 4.64. The molecular formula is C12H15ClO3. The first-order valence-electron chi connectivity index (χ1n) is 4.89. The molecule has 0 spiro atoms. The Kier molecular flexibility index (Phi) is 3.61. The van der Waals surface area contributed by atoms with Crippen molar-refractivity contribution in [2.75, 3.05) is 7.11 Å². The van der Waals surface area contributed by atoms with Crippen LogP contribution in [0.2, 0.25) is 0 Å². The van der Waals surface area contributed by atoms with Crippen molar-refractivity contribution >= 4 is 17.6 Å². The summed E-state index contributed by atoms with van der Waals surface area (Å²) in [5.74, 6) is -0.673. The molecule has 1 unspecified atom stereocenters. The van der Waals surface area contributed by atoms with Gasteiger partial charge >= 0.3 is 5.97 Å². The Morgan fingerprint density at radius 1 is 1.31 bits per heavy atom. The zero-order valence-electron chi connectivity index (χ0n) is 9.53. The van der Waals surface area contributed by atoms with Crippen LogP contribution in [0, 0.1) is 0 Å². The molecule has 0 fully saturated rings. The van der Waals surface area contributed by atoms with E-state index in [0.29, 0.717) is 5.56 Å². The van der Waals surface area contributed by atoms with Gasteiger partial charge in [0.15, 0.2) is 4.87 Å². The highest BCUT2D eigenvalue weighted by Crippen LogP contribution is 2.40. The second-order valence-electron chi connectivity index (χ2n) is 4.08. The maximum Gasteiger partial charge on any atom is 0.334 e. The highest BCUT2D eigenvalue weighted by atomic mass is 35.5. The van der Waals surface area contributed by atoms with E-state index in [-0.39, 0.29) is 0 Å². The predicted octanol–water partition coefficient (Wildman–Crippen LogP) is 2.06. The van der Waals surface area contributed by atoms with E-state index in [4.69, 9.17) is 11.6 Å². The Labute approximate surface area is 100.0 Å². The van der Waals surface area contributed by atoms with Crippen molar-refractivity contribution < 1.29 is 14.6 Å². The Bertz CT molecular complexity index is 370. The monoisotopic (exact) mass is 242 g/mol. The number of aliphatic hydroxyl groups is 1. The number of ether oxygens (including phenoxy) is 1. The number of carbonyl (C=O) groups excluding carboxylic acids is 1. The smallest absolute Gasteiger partial charge is 0.334 e. The van der Waals surface area contributed by atoms with Crippen molar-refractivity contribution in [3.63, 3.8) is 0 Å². The molecule has 0 heterocycles. The molecule has 0 aromatic heterocycles. The van der Waals surface area contributed by atoms with Crippen molar-refractivity contribution in [2.24, 2.45) is 0 Å². The van der Waals surface area contributed by atoms with Gasteiger partial charge in [0.05, 0.1) is 12.7 Å². The number of alkyl halides is 1. The van der Waals surface area contributed by atoms with Gasteiger partial charge in [-0.25, -0.2) is 4.79 Å². The predicted molar refractivity (Wildman–Crippen MR) is 62.3 cm³/mol. The largest absolute Gasteiger partial charge is 0.467 e. The van der Waals surface area contributed by atoms with Crippen LogP contribution in [0.15, 0.2) is 30.3 Å². The summed E-state index contributed by atoms with van der Waals surface area (Å²) in [4.78, 5) is 10.2. The molecule has 0 aliphatic heterocycles. The molecule has 0 saturated carbocycles. The zero-order valence-corrected chi connectivity index (χ0v) is 10.3. The molecule has 0 radical (unpaired) electrons. The highest BCUT2D eigenvalue weighted by Gasteiger charge is 2.51. The average Bonchev–Trinajstić information content (AvgIpc) is 2.26. The third-order valence-corrected chi connectivity index (χ3v) is 3.32. The maximum atomic E-state index is 11.8. The van der Waals surface area contributed by atoms with Gasteiger partial charge in [0.25, 0.3) is 0 Å². The normalized spacial score (nSPS) is 15.3. The summed E-state index contributed by atoms with van der Waals surface area (Å²) < 4.78 is 4.67. The number of rotatable bonds is 3. The average molecular weight is 243 g/mol. The van der Waals surface area contributed by atoms with E-state index in [2.05, 4.69) is 4.74 Å². The summed E-state index contributed by atoms with van der Waals surface area (Å²) in [5.41, 5.74) is -0.917. The summed E-state index contributed by atoms with van der Waals surface area (Å²) in [5, 5.41) is 10.1. The summed E-state index contributed by atoms with van der Waals surface area (Å²) in [7, 11) is 1.24. The fraction of sp³-hybridized carbons (Fsp3) is 0.417. The van der Waals surface area contributed by atoms with E-state index in [1.807, 2.05) is 6.07 Å². The molecule has 0 aliphatic rings. The van der Waals surface area contributed by atoms with E-state index in [1.165, 1.54) is 21.0 Å². The maximum absolute atomic E-state index is 11.8. The number of halogens is 1. The van der Waals surface area contributed by atoms with Gasteiger partial charge in [-0.15, -0.1) is 0 Å². The molecule has 0 aliphatic carbocycles. The van der Waals surface area contributed by atoms with Crippen molar-refractivity contribution in [3.8, 4) is 0 Å². The van der Waals surface area contributed by atoms with Gasteiger partial charge in [-0.3, -0.25) is 0 Å². The van der Waals surface area contributed by atoms with Gasteiger partial charge in [-0.2, -0.15) is 0 Å². The van der Waals surface area contributed by atoms with Crippen LogP contribution in [-0.2, 0) is 14.4 Å². The minimum Gasteiger partial charge on any atom is -0.467 e. The van der Waals surface area contributed by atoms with Crippen LogP contribution in [0.4, 0.5) is 0 Å². The highest BCUT2D eigenvalue weighted by molar-refractivity contribution is 6.34. The molecule has 1 rings (SSSR count). The van der Waals surface area contributed by atoms with Crippen LogP contribution in [0.1, 0.15) is 19.4 Å². The van der Waals surface area contributed by atoms with Crippen molar-refractivity contribution in [3.05, 3.63) is 35.9 Å². The minimum absolute atomic E-state index is 0.510. The number of benzene rings is 1. The number of carbonyl (C=O) groups is 1. The molecule has 1 aromatic rings. The topological polar surface area (TPSA) is 46.5 Å². The van der Waals surface area contributed by atoms with Gasteiger partial charge in [0.1, 0.15) is 0 Å². The third kappa shape index (κ3) is 2.06. The molecule has 4 heteroatoms. The number of esters is 1. The molecule has 88 valence electrons. The first-order chi connectivity index (χ1) is 7.34. The Hall–Kier alpha value is -1.06. The summed E-state index contributed by atoms with van der Waals surface area (Å²) in [6.45, 7) is 2.95. The summed E-state index contributed by atoms with van der Waals surface area (Å²) >= 11 is 6.27. The molecule has 16 heavy (non-hydrogen) atoms. The van der Waals surface area contributed by atoms with E-state index < -0.39 is 16.4 Å². The number of hydrogen-bond acceptors (Lipinski definition) is 3. The van der Waals surface area contributed by atoms with Crippen molar-refractivity contribution in [2.45, 2.75) is 24.3 Å². The Morgan fingerprint density at radius 2 is 1.81 bits per heavy atom. The van der Waals surface area contributed by atoms with Crippen LogP contribution in [0.5, 0.6) is 0 Å². The van der Waals surface area contributed by atoms with Crippen molar-refractivity contribution in [1.29, 1.82) is 0 Å². The molecule has 0 saturated heterocycles. The Morgan fingerprint density at radius 3 is 2.19 bits per heavy atom. The molecule has 1 aromatic carbocycles. The van der Waals surface area contributed by atoms with Gasteiger partial charge in [-0.1, -0.05) is 41.9 Å². The van der Waals surface area contributed by atoms with Gasteiger partial charge in [0, 0.05) is 0 Å². The molecule has 1 N–H and O–H groups in total. The lowest BCUT2D eigenvalue weighted by Gasteiger charge is -2.35. The minimum atomic E-state index is -1.59. The summed E-state index contributed by atoms with van der Waals surface area (Å²) in [6.07, 6.45) is 0. The van der Waals surface area contributed by atoms with E-state index >= 15 is 0 Å². The SMILES string of the molecule is COC(=O)C(Cl)(c1ccccc1)C(C)(C)O. The molecular weight excluding hydrogens is 228 g/mol. The number of hydrogen-bond donors (Lipinski definition) is 1. The second kappa shape index (κ2) is 4.44. The van der Waals surface area contributed by atoms with Crippen LogP contribution in [-0.4, -0.2) is 23.8 Å². The third-order valence-electron chi connectivity index (χ3n) is 2.48. The lowest BCUT2D eigenvalue weighted by molar-refractivity contribution is -0.151. The van der Waals surface area contributed by atoms with Crippen LogP contribution >= 0.6 is 11.6 Å². The van der Waals surface area contributed by atoms with Crippen LogP contribution in [0.25, 0.3) is 0 Å². The van der Waals surface area contributed by atoms with E-state index in [1.54, 1.807) is 24.3 Å². The summed E-state index contributed by atoms with van der Waals surface area (Å²) in [6, 6.07) is 8.68. The quantitative estimate of drug-likeness (QED) is 0.652. The Balaban J connectivity index is 3.32. The van der Waals surface area contributed by atoms with Crippen LogP contribution < -0.4 is 0 Å². The standard InChI is InChI=1S/C12H15ClO3/c1-11(2,15)12(13,10(14)16-3)9-7-5-4-6-8-9/h4-8,15H,1-3H3. The lowest BCUT2D eigenvalue weighted by atomic mass is 9.83. The molecule has 1 atom stereocenters.